The highest BCUT2D eigenvalue weighted by molar-refractivity contribution is 5.94. The van der Waals surface area contributed by atoms with E-state index in [2.05, 4.69) is 10.6 Å². The Labute approximate surface area is 99.6 Å². The van der Waals surface area contributed by atoms with E-state index in [-0.39, 0.29) is 5.91 Å². The fourth-order valence-corrected chi connectivity index (χ4v) is 1.52. The first-order valence-corrected chi connectivity index (χ1v) is 5.38. The molecular weight excluding hydrogens is 216 g/mol. The van der Waals surface area contributed by atoms with Crippen LogP contribution < -0.4 is 10.6 Å². The molecule has 0 saturated heterocycles. The number of nitrogens with one attached hydrogen (secondary N) is 2. The third kappa shape index (κ3) is 2.87. The number of furan rings is 1. The van der Waals surface area contributed by atoms with Crippen LogP contribution in [-0.2, 0) is 6.54 Å². The van der Waals surface area contributed by atoms with Crippen molar-refractivity contribution in [3.63, 3.8) is 0 Å². The van der Waals surface area contributed by atoms with E-state index in [1.807, 2.05) is 30.3 Å². The van der Waals surface area contributed by atoms with Crippen molar-refractivity contribution < 1.29 is 9.21 Å². The predicted octanol–water partition coefficient (Wildman–Crippen LogP) is 2.25. The van der Waals surface area contributed by atoms with Crippen LogP contribution in [0.15, 0.2) is 47.1 Å². The van der Waals surface area contributed by atoms with Gasteiger partial charge in [-0.2, -0.15) is 0 Å². The van der Waals surface area contributed by atoms with Crippen molar-refractivity contribution in [1.29, 1.82) is 0 Å². The first-order chi connectivity index (χ1) is 8.29. The quantitative estimate of drug-likeness (QED) is 0.847. The highest BCUT2D eigenvalue weighted by Gasteiger charge is 2.03. The molecular formula is C13H14N2O2. The van der Waals surface area contributed by atoms with Gasteiger partial charge in [0.05, 0.1) is 12.8 Å². The number of hydrogen-bond acceptors (Lipinski definition) is 3. The van der Waals surface area contributed by atoms with Gasteiger partial charge in [0.1, 0.15) is 5.76 Å². The van der Waals surface area contributed by atoms with Crippen molar-refractivity contribution in [3.8, 4) is 0 Å². The zero-order chi connectivity index (χ0) is 12.1. The molecule has 2 N–H and O–H groups in total. The van der Waals surface area contributed by atoms with E-state index in [0.717, 1.165) is 11.4 Å². The Morgan fingerprint density at radius 3 is 2.88 bits per heavy atom. The van der Waals surface area contributed by atoms with Crippen molar-refractivity contribution in [2.45, 2.75) is 6.54 Å². The second-order valence-corrected chi connectivity index (χ2v) is 3.59. The molecule has 1 aromatic heterocycles. The molecule has 0 fully saturated rings. The molecule has 17 heavy (non-hydrogen) atoms. The van der Waals surface area contributed by atoms with Gasteiger partial charge in [-0.05, 0) is 30.3 Å². The summed E-state index contributed by atoms with van der Waals surface area (Å²) in [7, 11) is 1.62. The van der Waals surface area contributed by atoms with Crippen LogP contribution in [0.5, 0.6) is 0 Å². The minimum absolute atomic E-state index is 0.0911. The van der Waals surface area contributed by atoms with E-state index in [1.54, 1.807) is 19.4 Å². The number of amides is 1. The van der Waals surface area contributed by atoms with Gasteiger partial charge in [-0.1, -0.05) is 6.07 Å². The van der Waals surface area contributed by atoms with Crippen molar-refractivity contribution in [1.82, 2.24) is 5.32 Å². The van der Waals surface area contributed by atoms with Crippen LogP contribution in [0.25, 0.3) is 0 Å². The lowest BCUT2D eigenvalue weighted by Gasteiger charge is -2.06. The van der Waals surface area contributed by atoms with Crippen molar-refractivity contribution in [2.75, 3.05) is 12.4 Å². The second-order valence-electron chi connectivity index (χ2n) is 3.59. The van der Waals surface area contributed by atoms with Gasteiger partial charge in [0.25, 0.3) is 5.91 Å². The van der Waals surface area contributed by atoms with Crippen LogP contribution >= 0.6 is 0 Å². The molecule has 2 rings (SSSR count). The minimum atomic E-state index is -0.0911. The number of benzene rings is 1. The van der Waals surface area contributed by atoms with Crippen LogP contribution in [0.3, 0.4) is 0 Å². The molecule has 0 aliphatic carbocycles. The molecule has 4 nitrogen and oxygen atoms in total. The fourth-order valence-electron chi connectivity index (χ4n) is 1.52. The van der Waals surface area contributed by atoms with Crippen molar-refractivity contribution >= 4 is 11.6 Å². The van der Waals surface area contributed by atoms with Gasteiger partial charge in [-0.3, -0.25) is 4.79 Å². The zero-order valence-corrected chi connectivity index (χ0v) is 9.57. The average molecular weight is 230 g/mol. The Balaban J connectivity index is 2.03. The van der Waals surface area contributed by atoms with Gasteiger partial charge < -0.3 is 15.1 Å². The number of hydrogen-bond donors (Lipinski definition) is 2. The summed E-state index contributed by atoms with van der Waals surface area (Å²) in [5.74, 6) is 0.766. The molecule has 0 aliphatic heterocycles. The Kier molecular flexibility index (Phi) is 3.45. The lowest BCUT2D eigenvalue weighted by Crippen LogP contribution is -2.17. The molecule has 0 spiro atoms. The maximum Gasteiger partial charge on any atom is 0.251 e. The van der Waals surface area contributed by atoms with Gasteiger partial charge >= 0.3 is 0 Å². The van der Waals surface area contributed by atoms with Gasteiger partial charge in [0.2, 0.25) is 0 Å². The monoisotopic (exact) mass is 230 g/mol. The van der Waals surface area contributed by atoms with Gasteiger partial charge in [0.15, 0.2) is 0 Å². The molecule has 0 radical (unpaired) electrons. The summed E-state index contributed by atoms with van der Waals surface area (Å²) in [4.78, 5) is 11.4. The molecule has 2 aromatic rings. The molecule has 4 heteroatoms. The van der Waals surface area contributed by atoms with Crippen molar-refractivity contribution in [2.24, 2.45) is 0 Å². The van der Waals surface area contributed by atoms with Gasteiger partial charge in [-0.25, -0.2) is 0 Å². The average Bonchev–Trinajstić information content (AvgIpc) is 2.89. The molecule has 0 aliphatic rings. The van der Waals surface area contributed by atoms with E-state index >= 15 is 0 Å². The summed E-state index contributed by atoms with van der Waals surface area (Å²) in [6.45, 7) is 0.601. The highest BCUT2D eigenvalue weighted by Crippen LogP contribution is 2.12. The number of anilines is 1. The maximum absolute atomic E-state index is 11.4. The Morgan fingerprint density at radius 2 is 2.18 bits per heavy atom. The summed E-state index contributed by atoms with van der Waals surface area (Å²) in [5.41, 5.74) is 1.53. The highest BCUT2D eigenvalue weighted by atomic mass is 16.3. The third-order valence-electron chi connectivity index (χ3n) is 2.40. The lowest BCUT2D eigenvalue weighted by atomic mass is 10.2. The lowest BCUT2D eigenvalue weighted by molar-refractivity contribution is 0.0963. The molecule has 0 unspecified atom stereocenters. The van der Waals surface area contributed by atoms with Crippen LogP contribution in [0.2, 0.25) is 0 Å². The number of carbonyl (C=O) groups excluding carboxylic acids is 1. The van der Waals surface area contributed by atoms with Crippen LogP contribution in [0.4, 0.5) is 5.69 Å². The Hall–Kier alpha value is -2.23. The van der Waals surface area contributed by atoms with E-state index in [0.29, 0.717) is 12.1 Å². The first-order valence-electron chi connectivity index (χ1n) is 5.38. The molecule has 1 aromatic carbocycles. The first kappa shape index (κ1) is 11.3. The van der Waals surface area contributed by atoms with E-state index in [9.17, 15) is 4.79 Å². The standard InChI is InChI=1S/C13H14N2O2/c1-14-13(16)10-4-2-5-11(8-10)15-9-12-6-3-7-17-12/h2-8,15H,9H2,1H3,(H,14,16). The molecule has 88 valence electrons. The summed E-state index contributed by atoms with van der Waals surface area (Å²) >= 11 is 0. The summed E-state index contributed by atoms with van der Waals surface area (Å²) in [6.07, 6.45) is 1.64. The molecule has 0 saturated carbocycles. The maximum atomic E-state index is 11.4. The SMILES string of the molecule is CNC(=O)c1cccc(NCc2ccco2)c1. The summed E-state index contributed by atoms with van der Waals surface area (Å²) < 4.78 is 5.21. The van der Waals surface area contributed by atoms with E-state index in [4.69, 9.17) is 4.42 Å². The van der Waals surface area contributed by atoms with Crippen LogP contribution in [0, 0.1) is 0 Å². The van der Waals surface area contributed by atoms with Crippen LogP contribution in [-0.4, -0.2) is 13.0 Å². The zero-order valence-electron chi connectivity index (χ0n) is 9.57. The Morgan fingerprint density at radius 1 is 1.29 bits per heavy atom. The molecule has 1 amide bonds. The molecule has 0 atom stereocenters. The van der Waals surface area contributed by atoms with E-state index in [1.165, 1.54) is 0 Å². The summed E-state index contributed by atoms with van der Waals surface area (Å²) in [6, 6.07) is 11.1. The predicted molar refractivity (Wildman–Crippen MR) is 65.9 cm³/mol. The van der Waals surface area contributed by atoms with Crippen LogP contribution in [0.1, 0.15) is 16.1 Å². The van der Waals surface area contributed by atoms with Gasteiger partial charge in [0, 0.05) is 18.3 Å². The summed E-state index contributed by atoms with van der Waals surface area (Å²) in [5, 5.41) is 5.79. The van der Waals surface area contributed by atoms with E-state index < -0.39 is 0 Å². The second kappa shape index (κ2) is 5.21. The molecule has 0 bridgehead atoms. The number of rotatable bonds is 4. The Bertz CT molecular complexity index is 492. The third-order valence-corrected chi connectivity index (χ3v) is 2.40. The molecule has 1 heterocycles. The normalized spacial score (nSPS) is 9.94. The smallest absolute Gasteiger partial charge is 0.251 e. The van der Waals surface area contributed by atoms with Crippen molar-refractivity contribution in [3.05, 3.63) is 54.0 Å². The largest absolute Gasteiger partial charge is 0.467 e. The fraction of sp³-hybridized carbons (Fsp3) is 0.154. The number of carbonyl (C=O) groups is 1. The van der Waals surface area contributed by atoms with Gasteiger partial charge in [-0.15, -0.1) is 0 Å². The topological polar surface area (TPSA) is 54.3 Å². The minimum Gasteiger partial charge on any atom is -0.467 e.